The van der Waals surface area contributed by atoms with Gasteiger partial charge in [-0.3, -0.25) is 4.79 Å². The zero-order valence-corrected chi connectivity index (χ0v) is 13.3. The fraction of sp³-hybridized carbons (Fsp3) is 0.467. The molecule has 1 amide bonds. The lowest BCUT2D eigenvalue weighted by atomic mass is 10.1. The minimum Gasteiger partial charge on any atom is -0.495 e. The van der Waals surface area contributed by atoms with Crippen LogP contribution < -0.4 is 9.64 Å². The predicted molar refractivity (Wildman–Crippen MR) is 84.0 cm³/mol. The number of nitrogens with zero attached hydrogens (tertiary/aromatic N) is 2. The van der Waals surface area contributed by atoms with Gasteiger partial charge in [-0.25, -0.2) is 4.79 Å². The zero-order chi connectivity index (χ0) is 16.3. The maximum Gasteiger partial charge on any atom is 0.407 e. The minimum absolute atomic E-state index is 0.0215. The first-order chi connectivity index (χ1) is 10.4. The Labute approximate surface area is 134 Å². The number of halogens is 1. The molecule has 22 heavy (non-hydrogen) atoms. The Bertz CT molecular complexity index is 579. The van der Waals surface area contributed by atoms with Crippen LogP contribution in [0.3, 0.4) is 0 Å². The lowest BCUT2D eigenvalue weighted by Gasteiger charge is -2.40. The van der Waals surface area contributed by atoms with Crippen molar-refractivity contribution < 1.29 is 19.4 Å². The van der Waals surface area contributed by atoms with Gasteiger partial charge in [0.1, 0.15) is 11.5 Å². The van der Waals surface area contributed by atoms with E-state index in [9.17, 15) is 14.7 Å². The molecular formula is C15H19ClN2O4. The van der Waals surface area contributed by atoms with Crippen LogP contribution in [0.4, 0.5) is 10.5 Å². The molecule has 1 saturated heterocycles. The van der Waals surface area contributed by atoms with Crippen molar-refractivity contribution in [3.63, 3.8) is 0 Å². The highest BCUT2D eigenvalue weighted by Gasteiger charge is 2.31. The van der Waals surface area contributed by atoms with E-state index in [-0.39, 0.29) is 18.2 Å². The molecule has 1 fully saturated rings. The van der Waals surface area contributed by atoms with E-state index in [1.54, 1.807) is 13.2 Å². The average Bonchev–Trinajstić information content (AvgIpc) is 2.46. The standard InChI is InChI=1S/C15H19ClN2O4/c1-10(19)7-12-9-17(5-6-18(12)15(20)21)11-3-4-13(16)14(8-11)22-2/h3-4,8,12H,5-7,9H2,1-2H3,(H,20,21). The number of piperazine rings is 1. The Morgan fingerprint density at radius 3 is 2.73 bits per heavy atom. The number of rotatable bonds is 4. The number of methoxy groups -OCH3 is 1. The van der Waals surface area contributed by atoms with Crippen LogP contribution in [0.1, 0.15) is 13.3 Å². The summed E-state index contributed by atoms with van der Waals surface area (Å²) in [4.78, 5) is 26.1. The van der Waals surface area contributed by atoms with E-state index in [4.69, 9.17) is 16.3 Å². The molecule has 0 aliphatic carbocycles. The van der Waals surface area contributed by atoms with Crippen LogP contribution in [-0.2, 0) is 4.79 Å². The van der Waals surface area contributed by atoms with Crippen LogP contribution in [0.15, 0.2) is 18.2 Å². The quantitative estimate of drug-likeness (QED) is 0.920. The molecule has 0 aromatic heterocycles. The molecule has 6 nitrogen and oxygen atoms in total. The van der Waals surface area contributed by atoms with Gasteiger partial charge in [0, 0.05) is 37.8 Å². The number of benzene rings is 1. The van der Waals surface area contributed by atoms with Gasteiger partial charge in [-0.05, 0) is 19.1 Å². The number of ether oxygens (including phenoxy) is 1. The van der Waals surface area contributed by atoms with E-state index in [0.717, 1.165) is 5.69 Å². The third-order valence-electron chi connectivity index (χ3n) is 3.75. The summed E-state index contributed by atoms with van der Waals surface area (Å²) in [6.45, 7) is 2.87. The number of carbonyl (C=O) groups excluding carboxylic acids is 1. The SMILES string of the molecule is COc1cc(N2CCN(C(=O)O)C(CC(C)=O)C2)ccc1Cl. The first kappa shape index (κ1) is 16.4. The third kappa shape index (κ3) is 3.62. The van der Waals surface area contributed by atoms with E-state index in [1.165, 1.54) is 11.8 Å². The van der Waals surface area contributed by atoms with Crippen LogP contribution >= 0.6 is 11.6 Å². The van der Waals surface area contributed by atoms with Gasteiger partial charge < -0.3 is 19.6 Å². The van der Waals surface area contributed by atoms with Gasteiger partial charge in [0.15, 0.2) is 0 Å². The van der Waals surface area contributed by atoms with Crippen molar-refractivity contribution in [2.45, 2.75) is 19.4 Å². The molecule has 0 bridgehead atoms. The van der Waals surface area contributed by atoms with Crippen LogP contribution in [0.25, 0.3) is 0 Å². The summed E-state index contributed by atoms with van der Waals surface area (Å²) in [5.41, 5.74) is 0.903. The summed E-state index contributed by atoms with van der Waals surface area (Å²) >= 11 is 6.02. The van der Waals surface area contributed by atoms with Gasteiger partial charge in [-0.1, -0.05) is 11.6 Å². The van der Waals surface area contributed by atoms with Crippen LogP contribution in [0, 0.1) is 0 Å². The summed E-state index contributed by atoms with van der Waals surface area (Å²) in [5, 5.41) is 9.78. The van der Waals surface area contributed by atoms with E-state index < -0.39 is 6.09 Å². The van der Waals surface area contributed by atoms with Crippen molar-refractivity contribution in [3.05, 3.63) is 23.2 Å². The highest BCUT2D eigenvalue weighted by Crippen LogP contribution is 2.30. The fourth-order valence-corrected chi connectivity index (χ4v) is 2.89. The van der Waals surface area contributed by atoms with Gasteiger partial charge in [-0.2, -0.15) is 0 Å². The number of hydrogen-bond donors (Lipinski definition) is 1. The van der Waals surface area contributed by atoms with Crippen LogP contribution in [0.2, 0.25) is 5.02 Å². The Morgan fingerprint density at radius 2 is 2.14 bits per heavy atom. The maximum absolute atomic E-state index is 11.4. The molecule has 7 heteroatoms. The molecule has 0 spiro atoms. The first-order valence-electron chi connectivity index (χ1n) is 7.00. The molecule has 1 heterocycles. The average molecular weight is 327 g/mol. The highest BCUT2D eigenvalue weighted by atomic mass is 35.5. The summed E-state index contributed by atoms with van der Waals surface area (Å²) in [6.07, 6.45) is -0.771. The molecular weight excluding hydrogens is 308 g/mol. The minimum atomic E-state index is -0.986. The van der Waals surface area contributed by atoms with Gasteiger partial charge in [0.2, 0.25) is 0 Å². The lowest BCUT2D eigenvalue weighted by Crippen LogP contribution is -2.55. The molecule has 1 N–H and O–H groups in total. The molecule has 1 aliphatic heterocycles. The number of amides is 1. The molecule has 1 aromatic rings. The molecule has 1 aliphatic rings. The Hall–Kier alpha value is -1.95. The second-order valence-electron chi connectivity index (χ2n) is 5.30. The van der Waals surface area contributed by atoms with Gasteiger partial charge >= 0.3 is 6.09 Å². The number of hydrogen-bond acceptors (Lipinski definition) is 4. The molecule has 0 saturated carbocycles. The fourth-order valence-electron chi connectivity index (χ4n) is 2.69. The molecule has 120 valence electrons. The molecule has 1 unspecified atom stereocenters. The number of carboxylic acid groups (broad SMARTS) is 1. The van der Waals surface area contributed by atoms with E-state index in [0.29, 0.717) is 30.4 Å². The molecule has 2 rings (SSSR count). The van der Waals surface area contributed by atoms with E-state index >= 15 is 0 Å². The van der Waals surface area contributed by atoms with Gasteiger partial charge in [0.25, 0.3) is 0 Å². The smallest absolute Gasteiger partial charge is 0.407 e. The summed E-state index contributed by atoms with van der Waals surface area (Å²) < 4.78 is 5.21. The largest absolute Gasteiger partial charge is 0.495 e. The van der Waals surface area contributed by atoms with Crippen molar-refractivity contribution >= 4 is 29.2 Å². The topological polar surface area (TPSA) is 70.1 Å². The van der Waals surface area contributed by atoms with Gasteiger partial charge in [-0.15, -0.1) is 0 Å². The van der Waals surface area contributed by atoms with E-state index in [1.807, 2.05) is 17.0 Å². The molecule has 0 radical (unpaired) electrons. The Kier molecular flexibility index (Phi) is 5.13. The summed E-state index contributed by atoms with van der Waals surface area (Å²) in [6, 6.07) is 5.10. The number of ketones is 1. The number of anilines is 1. The second-order valence-corrected chi connectivity index (χ2v) is 5.71. The summed E-state index contributed by atoms with van der Waals surface area (Å²) in [7, 11) is 1.55. The monoisotopic (exact) mass is 326 g/mol. The predicted octanol–water partition coefficient (Wildman–Crippen LogP) is 2.50. The van der Waals surface area contributed by atoms with Crippen molar-refractivity contribution in [1.29, 1.82) is 0 Å². The second kappa shape index (κ2) is 6.87. The van der Waals surface area contributed by atoms with Gasteiger partial charge in [0.05, 0.1) is 18.2 Å². The molecule has 1 aromatic carbocycles. The van der Waals surface area contributed by atoms with Crippen molar-refractivity contribution in [1.82, 2.24) is 4.90 Å². The van der Waals surface area contributed by atoms with Crippen molar-refractivity contribution in [3.8, 4) is 5.75 Å². The Balaban J connectivity index is 2.20. The normalized spacial score (nSPS) is 18.2. The highest BCUT2D eigenvalue weighted by molar-refractivity contribution is 6.32. The lowest BCUT2D eigenvalue weighted by molar-refractivity contribution is -0.118. The maximum atomic E-state index is 11.4. The van der Waals surface area contributed by atoms with Crippen molar-refractivity contribution in [2.24, 2.45) is 0 Å². The van der Waals surface area contributed by atoms with E-state index in [2.05, 4.69) is 0 Å². The first-order valence-corrected chi connectivity index (χ1v) is 7.37. The molecule has 1 atom stereocenters. The zero-order valence-electron chi connectivity index (χ0n) is 12.6. The number of carbonyl (C=O) groups is 2. The van der Waals surface area contributed by atoms with Crippen molar-refractivity contribution in [2.75, 3.05) is 31.6 Å². The van der Waals surface area contributed by atoms with Crippen LogP contribution in [0.5, 0.6) is 5.75 Å². The Morgan fingerprint density at radius 1 is 1.41 bits per heavy atom. The van der Waals surface area contributed by atoms with Crippen LogP contribution in [-0.4, -0.2) is 54.7 Å². The number of Topliss-reactive ketones (excluding diaryl/α,β-unsaturated/α-hetero) is 1. The summed E-state index contributed by atoms with van der Waals surface area (Å²) in [5.74, 6) is 0.551. The third-order valence-corrected chi connectivity index (χ3v) is 4.06.